The Bertz CT molecular complexity index is 446. The smallest absolute Gasteiger partial charge is 0.276 e. The Balaban J connectivity index is 1.94. The lowest BCUT2D eigenvalue weighted by molar-refractivity contribution is 0.0619. The number of piperazine rings is 1. The number of aromatic amines is 1. The van der Waals surface area contributed by atoms with Crippen molar-refractivity contribution >= 4 is 11.6 Å². The number of aromatic nitrogens is 2. The maximum absolute atomic E-state index is 12.3. The Labute approximate surface area is 113 Å². The summed E-state index contributed by atoms with van der Waals surface area (Å²) in [6.45, 7) is 10.7. The molecule has 1 aromatic rings. The predicted molar refractivity (Wildman–Crippen MR) is 74.9 cm³/mol. The van der Waals surface area contributed by atoms with Crippen LogP contribution in [0.15, 0.2) is 0 Å². The molecule has 6 heteroatoms. The number of rotatable bonds is 3. The average molecular weight is 265 g/mol. The first-order chi connectivity index (χ1) is 8.99. The van der Waals surface area contributed by atoms with Gasteiger partial charge in [0, 0.05) is 32.7 Å². The Hall–Kier alpha value is -1.56. The highest BCUT2D eigenvalue weighted by Gasteiger charge is 2.25. The van der Waals surface area contributed by atoms with Crippen LogP contribution in [-0.2, 0) is 0 Å². The Morgan fingerprint density at radius 2 is 2.00 bits per heavy atom. The number of nitrogens with zero attached hydrogens (tertiary/aromatic N) is 3. The third-order valence-electron chi connectivity index (χ3n) is 3.48. The quantitative estimate of drug-likeness (QED) is 0.844. The molecule has 2 rings (SSSR count). The number of nitrogens with one attached hydrogen (secondary N) is 1. The molecule has 19 heavy (non-hydrogen) atoms. The molecule has 1 fully saturated rings. The van der Waals surface area contributed by atoms with Crippen LogP contribution in [0.1, 0.15) is 30.0 Å². The van der Waals surface area contributed by atoms with Crippen LogP contribution in [0.25, 0.3) is 0 Å². The zero-order valence-corrected chi connectivity index (χ0v) is 11.9. The molecule has 1 aromatic heterocycles. The van der Waals surface area contributed by atoms with Crippen molar-refractivity contribution in [3.63, 3.8) is 0 Å². The van der Waals surface area contributed by atoms with E-state index in [1.54, 1.807) is 0 Å². The van der Waals surface area contributed by atoms with Gasteiger partial charge in [0.2, 0.25) is 0 Å². The summed E-state index contributed by atoms with van der Waals surface area (Å²) in [5, 5.41) is 6.76. The van der Waals surface area contributed by atoms with Crippen molar-refractivity contribution in [2.45, 2.75) is 20.8 Å². The van der Waals surface area contributed by atoms with E-state index >= 15 is 0 Å². The first-order valence-electron chi connectivity index (χ1n) is 6.81. The molecule has 0 aliphatic carbocycles. The van der Waals surface area contributed by atoms with Crippen LogP contribution in [0, 0.1) is 12.8 Å². The third kappa shape index (κ3) is 3.07. The Morgan fingerprint density at radius 1 is 1.37 bits per heavy atom. The fourth-order valence-electron chi connectivity index (χ4n) is 2.40. The van der Waals surface area contributed by atoms with Crippen LogP contribution in [0.3, 0.4) is 0 Å². The summed E-state index contributed by atoms with van der Waals surface area (Å²) in [5.41, 5.74) is 7.43. The van der Waals surface area contributed by atoms with E-state index < -0.39 is 0 Å². The number of carbonyl (C=O) groups excluding carboxylic acids is 1. The highest BCUT2D eigenvalue weighted by atomic mass is 16.2. The van der Waals surface area contributed by atoms with E-state index in [1.807, 2.05) is 11.8 Å². The largest absolute Gasteiger partial charge is 0.395 e. The second kappa shape index (κ2) is 5.61. The number of aryl methyl sites for hydroxylation is 1. The highest BCUT2D eigenvalue weighted by molar-refractivity contribution is 5.97. The molecule has 0 saturated carbocycles. The zero-order chi connectivity index (χ0) is 14.0. The molecule has 0 aromatic carbocycles. The summed E-state index contributed by atoms with van der Waals surface area (Å²) in [6.07, 6.45) is 0. The van der Waals surface area contributed by atoms with E-state index in [0.29, 0.717) is 17.3 Å². The van der Waals surface area contributed by atoms with Crippen LogP contribution in [0.4, 0.5) is 5.69 Å². The molecule has 6 nitrogen and oxygen atoms in total. The number of hydrogen-bond acceptors (Lipinski definition) is 4. The normalized spacial score (nSPS) is 17.2. The van der Waals surface area contributed by atoms with E-state index in [9.17, 15) is 4.79 Å². The van der Waals surface area contributed by atoms with Crippen molar-refractivity contribution in [2.24, 2.45) is 5.92 Å². The molecule has 0 unspecified atom stereocenters. The summed E-state index contributed by atoms with van der Waals surface area (Å²) < 4.78 is 0. The first-order valence-corrected chi connectivity index (χ1v) is 6.81. The first kappa shape index (κ1) is 13.9. The van der Waals surface area contributed by atoms with Gasteiger partial charge in [-0.05, 0) is 12.8 Å². The lowest BCUT2D eigenvalue weighted by Gasteiger charge is -2.35. The van der Waals surface area contributed by atoms with Crippen molar-refractivity contribution < 1.29 is 4.79 Å². The van der Waals surface area contributed by atoms with Gasteiger partial charge in [0.05, 0.1) is 11.4 Å². The second-order valence-corrected chi connectivity index (χ2v) is 5.60. The number of carbonyl (C=O) groups is 1. The van der Waals surface area contributed by atoms with Crippen molar-refractivity contribution in [3.05, 3.63) is 11.4 Å². The summed E-state index contributed by atoms with van der Waals surface area (Å²) in [6, 6.07) is 0. The van der Waals surface area contributed by atoms with Gasteiger partial charge < -0.3 is 10.6 Å². The number of hydrogen-bond donors (Lipinski definition) is 2. The standard InChI is InChI=1S/C13H23N5O/c1-9(2)8-17-4-6-18(7-5-17)13(19)12-11(14)10(3)15-16-12/h9H,4-8,14H2,1-3H3,(H,15,16). The summed E-state index contributed by atoms with van der Waals surface area (Å²) in [4.78, 5) is 16.5. The molecule has 3 N–H and O–H groups in total. The number of anilines is 1. The molecule has 0 spiro atoms. The van der Waals surface area contributed by atoms with Gasteiger partial charge in [0.15, 0.2) is 5.69 Å². The lowest BCUT2D eigenvalue weighted by Crippen LogP contribution is -2.49. The van der Waals surface area contributed by atoms with Crippen molar-refractivity contribution in [1.82, 2.24) is 20.0 Å². The van der Waals surface area contributed by atoms with Crippen molar-refractivity contribution in [1.29, 1.82) is 0 Å². The molecular formula is C13H23N5O. The monoisotopic (exact) mass is 265 g/mol. The van der Waals surface area contributed by atoms with E-state index in [1.165, 1.54) is 0 Å². The van der Waals surface area contributed by atoms with Crippen LogP contribution in [0.2, 0.25) is 0 Å². The molecule has 1 amide bonds. The SMILES string of the molecule is Cc1[nH]nc(C(=O)N2CCN(CC(C)C)CC2)c1N. The maximum atomic E-state index is 12.3. The minimum Gasteiger partial charge on any atom is -0.395 e. The molecule has 0 radical (unpaired) electrons. The van der Waals surface area contributed by atoms with Crippen LogP contribution < -0.4 is 5.73 Å². The van der Waals surface area contributed by atoms with Gasteiger partial charge in [-0.1, -0.05) is 13.8 Å². The van der Waals surface area contributed by atoms with Crippen LogP contribution in [0.5, 0.6) is 0 Å². The second-order valence-electron chi connectivity index (χ2n) is 5.60. The molecular weight excluding hydrogens is 242 g/mol. The van der Waals surface area contributed by atoms with Crippen molar-refractivity contribution in [2.75, 3.05) is 38.5 Å². The molecule has 0 bridgehead atoms. The molecule has 1 aliphatic rings. The maximum Gasteiger partial charge on any atom is 0.276 e. The lowest BCUT2D eigenvalue weighted by atomic mass is 10.2. The fraction of sp³-hybridized carbons (Fsp3) is 0.692. The average Bonchev–Trinajstić information content (AvgIpc) is 2.69. The van der Waals surface area contributed by atoms with Gasteiger partial charge in [-0.15, -0.1) is 0 Å². The van der Waals surface area contributed by atoms with Gasteiger partial charge in [0.1, 0.15) is 0 Å². The summed E-state index contributed by atoms with van der Waals surface area (Å²) in [5.74, 6) is 0.595. The van der Waals surface area contributed by atoms with Gasteiger partial charge in [-0.2, -0.15) is 5.10 Å². The van der Waals surface area contributed by atoms with E-state index in [0.717, 1.165) is 38.4 Å². The molecule has 1 saturated heterocycles. The Kier molecular flexibility index (Phi) is 4.09. The molecule has 1 aliphatic heterocycles. The van der Waals surface area contributed by atoms with E-state index in [2.05, 4.69) is 28.9 Å². The molecule has 106 valence electrons. The number of nitrogens with two attached hydrogens (primary N) is 1. The van der Waals surface area contributed by atoms with Crippen molar-refractivity contribution in [3.8, 4) is 0 Å². The minimum absolute atomic E-state index is 0.0638. The topological polar surface area (TPSA) is 78.2 Å². The van der Waals surface area contributed by atoms with Gasteiger partial charge in [-0.25, -0.2) is 0 Å². The fourth-order valence-corrected chi connectivity index (χ4v) is 2.40. The Morgan fingerprint density at radius 3 is 2.47 bits per heavy atom. The minimum atomic E-state index is -0.0638. The number of amides is 1. The number of H-pyrrole nitrogens is 1. The summed E-state index contributed by atoms with van der Waals surface area (Å²) >= 11 is 0. The van der Waals surface area contributed by atoms with Crippen LogP contribution in [-0.4, -0.2) is 58.6 Å². The third-order valence-corrected chi connectivity index (χ3v) is 3.48. The summed E-state index contributed by atoms with van der Waals surface area (Å²) in [7, 11) is 0. The predicted octanol–water partition coefficient (Wildman–Crippen LogP) is 0.714. The zero-order valence-electron chi connectivity index (χ0n) is 11.9. The van der Waals surface area contributed by atoms with Crippen LogP contribution >= 0.6 is 0 Å². The number of nitrogen functional groups attached to an aromatic ring is 1. The van der Waals surface area contributed by atoms with Gasteiger partial charge in [-0.3, -0.25) is 14.8 Å². The van der Waals surface area contributed by atoms with Gasteiger partial charge >= 0.3 is 0 Å². The highest BCUT2D eigenvalue weighted by Crippen LogP contribution is 2.16. The molecule has 0 atom stereocenters. The van der Waals surface area contributed by atoms with Gasteiger partial charge in [0.25, 0.3) is 5.91 Å². The van der Waals surface area contributed by atoms with E-state index in [-0.39, 0.29) is 5.91 Å². The molecule has 2 heterocycles. The van der Waals surface area contributed by atoms with E-state index in [4.69, 9.17) is 5.73 Å².